The summed E-state index contributed by atoms with van der Waals surface area (Å²) in [7, 11) is 0. The van der Waals surface area contributed by atoms with E-state index in [1.165, 1.54) is 0 Å². The molecular formula is C9H14Cl2O5. The van der Waals surface area contributed by atoms with Crippen molar-refractivity contribution < 1.29 is 24.1 Å². The molecule has 0 aromatic heterocycles. The van der Waals surface area contributed by atoms with Gasteiger partial charge in [0, 0.05) is 0 Å². The van der Waals surface area contributed by atoms with Crippen molar-refractivity contribution in [2.75, 3.05) is 25.0 Å². The van der Waals surface area contributed by atoms with Gasteiger partial charge in [0.05, 0.1) is 37.2 Å². The summed E-state index contributed by atoms with van der Waals surface area (Å²) < 4.78 is 21.2. The third kappa shape index (κ3) is 2.79. The molecule has 0 amide bonds. The number of rotatable bonds is 4. The number of halogens is 2. The molecule has 5 nitrogen and oxygen atoms in total. The molecule has 0 spiro atoms. The van der Waals surface area contributed by atoms with E-state index in [0.717, 1.165) is 0 Å². The van der Waals surface area contributed by atoms with E-state index >= 15 is 0 Å². The summed E-state index contributed by atoms with van der Waals surface area (Å²) in [6.45, 7) is 0.744. The highest BCUT2D eigenvalue weighted by Gasteiger charge is 2.40. The fourth-order valence-corrected chi connectivity index (χ4v) is 1.91. The van der Waals surface area contributed by atoms with E-state index in [4.69, 9.17) is 42.1 Å². The lowest BCUT2D eigenvalue weighted by Crippen LogP contribution is -2.39. The lowest BCUT2D eigenvalue weighted by atomic mass is 10.3. The van der Waals surface area contributed by atoms with Crippen LogP contribution < -0.4 is 0 Å². The van der Waals surface area contributed by atoms with E-state index in [2.05, 4.69) is 0 Å². The van der Waals surface area contributed by atoms with Crippen molar-refractivity contribution in [2.45, 2.75) is 30.9 Å². The van der Waals surface area contributed by atoms with Crippen molar-refractivity contribution in [3.63, 3.8) is 0 Å². The molecule has 94 valence electrons. The van der Waals surface area contributed by atoms with Gasteiger partial charge in [-0.05, 0) is 0 Å². The minimum absolute atomic E-state index is 0.188. The molecule has 16 heavy (non-hydrogen) atoms. The Balaban J connectivity index is 1.82. The van der Waals surface area contributed by atoms with Crippen LogP contribution in [-0.2, 0) is 18.9 Å². The highest BCUT2D eigenvalue weighted by Crippen LogP contribution is 2.23. The van der Waals surface area contributed by atoms with Crippen molar-refractivity contribution in [2.24, 2.45) is 0 Å². The number of alkyl halides is 2. The maximum absolute atomic E-state index is 9.89. The van der Waals surface area contributed by atoms with Crippen molar-refractivity contribution in [1.82, 2.24) is 0 Å². The SMILES string of the molecule is OC(C1OCC(CCl)O1)C1OCC(CCl)O1. The lowest BCUT2D eigenvalue weighted by Gasteiger charge is -2.22. The molecule has 2 aliphatic rings. The molecule has 2 saturated heterocycles. The summed E-state index contributed by atoms with van der Waals surface area (Å²) >= 11 is 11.2. The van der Waals surface area contributed by atoms with E-state index < -0.39 is 18.7 Å². The highest BCUT2D eigenvalue weighted by atomic mass is 35.5. The van der Waals surface area contributed by atoms with Crippen molar-refractivity contribution in [1.29, 1.82) is 0 Å². The van der Waals surface area contributed by atoms with Gasteiger partial charge in [-0.1, -0.05) is 0 Å². The summed E-state index contributed by atoms with van der Waals surface area (Å²) in [6, 6.07) is 0. The highest BCUT2D eigenvalue weighted by molar-refractivity contribution is 6.18. The fourth-order valence-electron chi connectivity index (χ4n) is 1.59. The second kappa shape index (κ2) is 5.82. The average Bonchev–Trinajstić information content (AvgIpc) is 2.97. The van der Waals surface area contributed by atoms with Crippen molar-refractivity contribution in [3.05, 3.63) is 0 Å². The molecule has 2 aliphatic heterocycles. The molecule has 0 radical (unpaired) electrons. The number of hydrogen-bond donors (Lipinski definition) is 1. The van der Waals surface area contributed by atoms with Gasteiger partial charge in [-0.15, -0.1) is 23.2 Å². The first-order chi connectivity index (χ1) is 7.74. The average molecular weight is 273 g/mol. The molecule has 4 unspecified atom stereocenters. The predicted octanol–water partition coefficient (Wildman–Crippen LogP) is 0.308. The van der Waals surface area contributed by atoms with Gasteiger partial charge in [-0.25, -0.2) is 0 Å². The summed E-state index contributed by atoms with van der Waals surface area (Å²) in [4.78, 5) is 0. The van der Waals surface area contributed by atoms with Gasteiger partial charge in [0.25, 0.3) is 0 Å². The Hall–Kier alpha value is 0.380. The summed E-state index contributed by atoms with van der Waals surface area (Å²) in [5, 5.41) is 9.89. The third-order valence-electron chi connectivity index (χ3n) is 2.45. The number of aliphatic hydroxyl groups is 1. The Morgan fingerprint density at radius 3 is 1.75 bits per heavy atom. The molecule has 0 aromatic carbocycles. The van der Waals surface area contributed by atoms with Gasteiger partial charge < -0.3 is 24.1 Å². The van der Waals surface area contributed by atoms with Crippen molar-refractivity contribution >= 4 is 23.2 Å². The van der Waals surface area contributed by atoms with Crippen LogP contribution in [0.1, 0.15) is 0 Å². The van der Waals surface area contributed by atoms with Crippen LogP contribution in [0.2, 0.25) is 0 Å². The quantitative estimate of drug-likeness (QED) is 0.747. The van der Waals surface area contributed by atoms with E-state index in [0.29, 0.717) is 25.0 Å². The van der Waals surface area contributed by atoms with Crippen LogP contribution in [0.4, 0.5) is 0 Å². The number of ether oxygens (including phenoxy) is 4. The predicted molar refractivity (Wildman–Crippen MR) is 56.7 cm³/mol. The Morgan fingerprint density at radius 2 is 1.44 bits per heavy atom. The van der Waals surface area contributed by atoms with Crippen LogP contribution in [0.15, 0.2) is 0 Å². The minimum atomic E-state index is -0.985. The molecule has 0 aliphatic carbocycles. The number of aliphatic hydroxyl groups excluding tert-OH is 1. The second-order valence-corrected chi connectivity index (χ2v) is 4.34. The Morgan fingerprint density at radius 1 is 1.00 bits per heavy atom. The smallest absolute Gasteiger partial charge is 0.189 e. The molecule has 2 heterocycles. The molecule has 0 bridgehead atoms. The lowest BCUT2D eigenvalue weighted by molar-refractivity contribution is -0.214. The van der Waals surface area contributed by atoms with Crippen LogP contribution in [0, 0.1) is 0 Å². The molecule has 0 saturated carbocycles. The van der Waals surface area contributed by atoms with Crippen molar-refractivity contribution in [3.8, 4) is 0 Å². The van der Waals surface area contributed by atoms with E-state index in [1.54, 1.807) is 0 Å². The number of hydrogen-bond acceptors (Lipinski definition) is 5. The molecule has 0 aromatic rings. The largest absolute Gasteiger partial charge is 0.382 e. The first-order valence-electron chi connectivity index (χ1n) is 5.08. The Labute approximate surface area is 104 Å². The van der Waals surface area contributed by atoms with Crippen LogP contribution in [-0.4, -0.2) is 61.0 Å². The summed E-state index contributed by atoms with van der Waals surface area (Å²) in [5.74, 6) is 0.666. The maximum Gasteiger partial charge on any atom is 0.189 e. The molecule has 2 rings (SSSR count). The molecule has 4 atom stereocenters. The van der Waals surface area contributed by atoms with Gasteiger partial charge in [-0.2, -0.15) is 0 Å². The molecule has 2 fully saturated rings. The van der Waals surface area contributed by atoms with E-state index in [9.17, 15) is 5.11 Å². The fraction of sp³-hybridized carbons (Fsp3) is 1.00. The Kier molecular flexibility index (Phi) is 4.66. The van der Waals surface area contributed by atoms with Gasteiger partial charge in [0.15, 0.2) is 18.7 Å². The van der Waals surface area contributed by atoms with Gasteiger partial charge in [-0.3, -0.25) is 0 Å². The monoisotopic (exact) mass is 272 g/mol. The zero-order valence-electron chi connectivity index (χ0n) is 8.55. The van der Waals surface area contributed by atoms with Crippen LogP contribution in [0.25, 0.3) is 0 Å². The normalized spacial score (nSPS) is 41.4. The molecular weight excluding hydrogens is 259 g/mol. The van der Waals surface area contributed by atoms with E-state index in [1.807, 2.05) is 0 Å². The summed E-state index contributed by atoms with van der Waals surface area (Å²) in [6.07, 6.45) is -2.86. The van der Waals surface area contributed by atoms with Crippen LogP contribution >= 0.6 is 23.2 Å². The van der Waals surface area contributed by atoms with Crippen LogP contribution in [0.3, 0.4) is 0 Å². The Bertz CT molecular complexity index is 208. The van der Waals surface area contributed by atoms with Gasteiger partial charge in [0.1, 0.15) is 0 Å². The van der Waals surface area contributed by atoms with Gasteiger partial charge >= 0.3 is 0 Å². The zero-order chi connectivity index (χ0) is 11.5. The second-order valence-electron chi connectivity index (χ2n) is 3.72. The van der Waals surface area contributed by atoms with Gasteiger partial charge in [0.2, 0.25) is 0 Å². The van der Waals surface area contributed by atoms with E-state index in [-0.39, 0.29) is 12.2 Å². The maximum atomic E-state index is 9.89. The summed E-state index contributed by atoms with van der Waals surface area (Å²) in [5.41, 5.74) is 0. The molecule has 1 N–H and O–H groups in total. The minimum Gasteiger partial charge on any atom is -0.382 e. The third-order valence-corrected chi connectivity index (χ3v) is 3.14. The van der Waals surface area contributed by atoms with Crippen LogP contribution in [0.5, 0.6) is 0 Å². The standard InChI is InChI=1S/C9H14Cl2O5/c10-1-5-3-13-8(15-5)7(12)9-14-4-6(2-11)16-9/h5-9,12H,1-4H2. The topological polar surface area (TPSA) is 57.2 Å². The molecule has 7 heteroatoms. The first-order valence-corrected chi connectivity index (χ1v) is 6.15. The first kappa shape index (κ1) is 12.8. The zero-order valence-corrected chi connectivity index (χ0v) is 10.1.